The van der Waals surface area contributed by atoms with Gasteiger partial charge < -0.3 is 30.7 Å². The van der Waals surface area contributed by atoms with Gasteiger partial charge in [0.25, 0.3) is 0 Å². The molecule has 1 saturated heterocycles. The van der Waals surface area contributed by atoms with Crippen LogP contribution in [0, 0.1) is 23.7 Å². The first-order valence-electron chi connectivity index (χ1n) is 20.0. The van der Waals surface area contributed by atoms with Crippen LogP contribution in [0.2, 0.25) is 0 Å². The summed E-state index contributed by atoms with van der Waals surface area (Å²) in [6, 6.07) is 21.8. The van der Waals surface area contributed by atoms with Crippen LogP contribution in [0.25, 0.3) is 0 Å². The first-order chi connectivity index (χ1) is 27.9. The van der Waals surface area contributed by atoms with Crippen LogP contribution in [0.3, 0.4) is 0 Å². The van der Waals surface area contributed by atoms with Crippen molar-refractivity contribution in [2.75, 3.05) is 39.7 Å². The molecule has 312 valence electrons. The average molecular weight is 808 g/mol. The number of nitrogens with zero attached hydrogens (tertiary/aromatic N) is 4. The van der Waals surface area contributed by atoms with Crippen molar-refractivity contribution in [3.63, 3.8) is 0 Å². The van der Waals surface area contributed by atoms with E-state index in [1.807, 2.05) is 48.5 Å². The number of hydrogen-bond acceptors (Lipinski definition) is 12. The number of phenols is 1. The molecule has 0 bridgehead atoms. The van der Waals surface area contributed by atoms with Gasteiger partial charge >= 0.3 is 0 Å². The second-order valence-corrected chi connectivity index (χ2v) is 16.9. The third-order valence-corrected chi connectivity index (χ3v) is 13.2. The topological polar surface area (TPSA) is 194 Å². The number of fused-ring (bicyclic) bond motifs is 3. The van der Waals surface area contributed by atoms with Gasteiger partial charge in [0.1, 0.15) is 17.6 Å². The molecule has 14 nitrogen and oxygen atoms in total. The molecule has 14 heteroatoms. The monoisotopic (exact) mass is 807 g/mol. The lowest BCUT2D eigenvalue weighted by molar-refractivity contribution is -0.185. The zero-order chi connectivity index (χ0) is 42.8. The maximum absolute atomic E-state index is 14.9. The lowest BCUT2D eigenvalue weighted by Crippen LogP contribution is -2.73. The number of carbonyl (C=O) groups is 5. The number of primary amides is 1. The summed E-state index contributed by atoms with van der Waals surface area (Å²) in [6.45, 7) is 5.82. The zero-order valence-electron chi connectivity index (χ0n) is 34.4. The van der Waals surface area contributed by atoms with Crippen molar-refractivity contribution in [2.24, 2.45) is 29.4 Å². The van der Waals surface area contributed by atoms with E-state index in [0.717, 1.165) is 12.0 Å². The van der Waals surface area contributed by atoms with E-state index in [9.17, 15) is 39.3 Å². The Kier molecular flexibility index (Phi) is 11.2. The second-order valence-electron chi connectivity index (χ2n) is 16.9. The normalized spacial score (nSPS) is 30.7. The maximum Gasteiger partial charge on any atom is 0.250 e. The van der Waals surface area contributed by atoms with E-state index in [-0.39, 0.29) is 28.8 Å². The Bertz CT molecular complexity index is 2200. The molecule has 0 radical (unpaired) electrons. The molecule has 2 fully saturated rings. The van der Waals surface area contributed by atoms with Crippen LogP contribution in [0.15, 0.2) is 90.2 Å². The minimum atomic E-state index is -2.94. The molecule has 4 aliphatic rings. The molecular weight excluding hydrogens is 755 g/mol. The summed E-state index contributed by atoms with van der Waals surface area (Å²) >= 11 is 0. The summed E-state index contributed by atoms with van der Waals surface area (Å²) in [6.07, 6.45) is -2.12. The van der Waals surface area contributed by atoms with Gasteiger partial charge in [-0.25, -0.2) is 10.0 Å². The molecule has 2 amide bonds. The fourth-order valence-corrected chi connectivity index (χ4v) is 10.2. The number of rotatable bonds is 11. The standard InChI is InChI=1S/C45H53N5O9/c1-23(21-26-15-10-8-11-16-26)48(6)22-29-32(44(57)50(49(29)7)27-17-12-9-13-18-27)25(3)59-42-34-31(24(2)28-19-14-20-30(51)33(28)38(34)52)39(53)36-37(47(4)5)40(54)35(43(46)56)41(55)45(36,42)58/h8-20,23-25,29,31-32,35-37,39,51,53,58H,21-22H2,1-7H3,(H2,46,56). The van der Waals surface area contributed by atoms with Crippen LogP contribution < -0.4 is 10.7 Å². The third kappa shape index (κ3) is 6.67. The predicted molar refractivity (Wildman–Crippen MR) is 218 cm³/mol. The minimum absolute atomic E-state index is 0.0377. The van der Waals surface area contributed by atoms with Gasteiger partial charge in [-0.1, -0.05) is 67.6 Å². The third-order valence-electron chi connectivity index (χ3n) is 13.2. The van der Waals surface area contributed by atoms with Gasteiger partial charge in [0.15, 0.2) is 28.9 Å². The van der Waals surface area contributed by atoms with Gasteiger partial charge in [0, 0.05) is 31.1 Å². The summed E-state index contributed by atoms with van der Waals surface area (Å²) in [4.78, 5) is 74.8. The lowest BCUT2D eigenvalue weighted by atomic mass is 9.53. The molecule has 7 rings (SSSR count). The number of hydrogen-bond donors (Lipinski definition) is 4. The number of Topliss-reactive ketones (excluding diaryl/α,β-unsaturated/α-hetero) is 3. The zero-order valence-corrected chi connectivity index (χ0v) is 34.4. The molecule has 3 aromatic rings. The van der Waals surface area contributed by atoms with Crippen molar-refractivity contribution in [1.82, 2.24) is 14.8 Å². The molecule has 3 aromatic carbocycles. The number of aromatic hydroxyl groups is 1. The van der Waals surface area contributed by atoms with E-state index in [2.05, 4.69) is 24.0 Å². The summed E-state index contributed by atoms with van der Waals surface area (Å²) in [7, 11) is 6.80. The van der Waals surface area contributed by atoms with Gasteiger partial charge in [0.2, 0.25) is 11.8 Å². The Labute approximate surface area is 343 Å². The van der Waals surface area contributed by atoms with Gasteiger partial charge in [-0.15, -0.1) is 0 Å². The molecule has 0 aromatic heterocycles. The number of phenolic OH excluding ortho intramolecular Hbond substituents is 1. The number of hydrazine groups is 1. The number of benzene rings is 3. The first-order valence-corrected chi connectivity index (χ1v) is 20.0. The number of carbonyl (C=O) groups excluding carboxylic acids is 5. The molecule has 3 aliphatic carbocycles. The summed E-state index contributed by atoms with van der Waals surface area (Å²) in [5.41, 5.74) is 4.54. The Balaban J connectivity index is 1.38. The number of nitrogens with two attached hydrogens (primary N) is 1. The minimum Gasteiger partial charge on any atom is -0.507 e. The van der Waals surface area contributed by atoms with Gasteiger partial charge in [-0.05, 0) is 76.7 Å². The van der Waals surface area contributed by atoms with Crippen LogP contribution in [-0.4, -0.2) is 130 Å². The molecule has 11 unspecified atom stereocenters. The van der Waals surface area contributed by atoms with Crippen molar-refractivity contribution in [3.8, 4) is 5.75 Å². The number of anilines is 1. The largest absolute Gasteiger partial charge is 0.507 e. The van der Waals surface area contributed by atoms with Crippen molar-refractivity contribution >= 4 is 34.9 Å². The number of para-hydroxylation sites is 1. The first kappa shape index (κ1) is 41.9. The second kappa shape index (κ2) is 15.7. The average Bonchev–Trinajstić information content (AvgIpc) is 3.43. The fraction of sp³-hybridized carbons (Fsp3) is 0.444. The number of aliphatic hydroxyl groups excluding tert-OH is 1. The highest BCUT2D eigenvalue weighted by Gasteiger charge is 2.70. The van der Waals surface area contributed by atoms with Crippen molar-refractivity contribution in [1.29, 1.82) is 0 Å². The van der Waals surface area contributed by atoms with Crippen molar-refractivity contribution < 1.29 is 44.0 Å². The Morgan fingerprint density at radius 2 is 1.58 bits per heavy atom. The highest BCUT2D eigenvalue weighted by atomic mass is 16.5. The van der Waals surface area contributed by atoms with Gasteiger partial charge in [-0.2, -0.15) is 0 Å². The fourth-order valence-electron chi connectivity index (χ4n) is 10.2. The van der Waals surface area contributed by atoms with E-state index < -0.39 is 88.5 Å². The van der Waals surface area contributed by atoms with Crippen LogP contribution >= 0.6 is 0 Å². The molecule has 5 N–H and O–H groups in total. The Morgan fingerprint density at radius 3 is 2.19 bits per heavy atom. The van der Waals surface area contributed by atoms with Gasteiger partial charge in [-0.3, -0.25) is 28.9 Å². The van der Waals surface area contributed by atoms with Crippen LogP contribution in [0.1, 0.15) is 48.2 Å². The highest BCUT2D eigenvalue weighted by molar-refractivity contribution is 6.25. The van der Waals surface area contributed by atoms with Gasteiger partial charge in [0.05, 0.1) is 41.3 Å². The predicted octanol–water partition coefficient (Wildman–Crippen LogP) is 2.31. The summed E-state index contributed by atoms with van der Waals surface area (Å²) in [5.74, 6) is -12.2. The SMILES string of the molecule is CC(OC1=C2C(=O)c3c(O)cccc3C(C)C2C(O)C2C(N(C)C)C(=O)C(C(N)=O)C(=O)C12O)C1C(=O)N(c2ccccc2)N(C)C1CN(C)C(C)Cc1ccccc1. The summed E-state index contributed by atoms with van der Waals surface area (Å²) in [5, 5.41) is 39.9. The number of amides is 2. The van der Waals surface area contributed by atoms with Crippen LogP contribution in [0.5, 0.6) is 5.75 Å². The quantitative estimate of drug-likeness (QED) is 0.207. The molecular formula is C45H53N5O9. The number of aliphatic hydroxyl groups is 2. The molecule has 59 heavy (non-hydrogen) atoms. The van der Waals surface area contributed by atoms with E-state index in [0.29, 0.717) is 17.8 Å². The molecule has 0 spiro atoms. The van der Waals surface area contributed by atoms with Crippen molar-refractivity contribution in [2.45, 2.75) is 69.0 Å². The lowest BCUT2D eigenvalue weighted by Gasteiger charge is -2.55. The highest BCUT2D eigenvalue weighted by Crippen LogP contribution is 2.56. The smallest absolute Gasteiger partial charge is 0.250 e. The Morgan fingerprint density at radius 1 is 0.949 bits per heavy atom. The van der Waals surface area contributed by atoms with Crippen LogP contribution in [0.4, 0.5) is 5.69 Å². The van der Waals surface area contributed by atoms with Crippen LogP contribution in [-0.2, 0) is 30.3 Å². The molecule has 11 atom stereocenters. The number of ether oxygens (including phenoxy) is 1. The Hall–Kier alpha value is -5.25. The number of likely N-dealkylation sites (N-methyl/N-ethyl adjacent to an activating group) is 3. The van der Waals surface area contributed by atoms with E-state index in [1.165, 1.54) is 25.1 Å². The maximum atomic E-state index is 14.9. The van der Waals surface area contributed by atoms with E-state index in [4.69, 9.17) is 10.5 Å². The van der Waals surface area contributed by atoms with E-state index >= 15 is 0 Å². The molecule has 1 aliphatic heterocycles. The molecule has 1 heterocycles. The van der Waals surface area contributed by atoms with E-state index in [1.54, 1.807) is 50.2 Å². The van der Waals surface area contributed by atoms with Crippen molar-refractivity contribution in [3.05, 3.63) is 107 Å². The summed E-state index contributed by atoms with van der Waals surface area (Å²) < 4.78 is 6.79. The number of ketones is 3. The molecule has 1 saturated carbocycles.